The van der Waals surface area contributed by atoms with Crippen molar-refractivity contribution in [3.8, 4) is 5.75 Å². The lowest BCUT2D eigenvalue weighted by molar-refractivity contribution is -0.139. The Balaban J connectivity index is 1.07. The van der Waals surface area contributed by atoms with Crippen molar-refractivity contribution < 1.29 is 28.3 Å². The number of halogens is 1. The normalized spacial score (nSPS) is 33.7. The van der Waals surface area contributed by atoms with Crippen molar-refractivity contribution in [1.29, 1.82) is 0 Å². The van der Waals surface area contributed by atoms with Gasteiger partial charge < -0.3 is 9.64 Å². The minimum absolute atomic E-state index is 0.0134. The number of allylic oxidation sites excluding steroid dienone is 2. The summed E-state index contributed by atoms with van der Waals surface area (Å²) < 4.78 is 18.8. The molecule has 0 radical (unpaired) electrons. The molecule has 8 rings (SSSR count). The fourth-order valence-electron chi connectivity index (χ4n) is 6.83. The molecule has 0 N–H and O–H groups in total. The lowest BCUT2D eigenvalue weighted by Crippen LogP contribution is -2.40. The first kappa shape index (κ1) is 21.5. The van der Waals surface area contributed by atoms with Gasteiger partial charge in [-0.05, 0) is 66.5 Å². The van der Waals surface area contributed by atoms with E-state index in [2.05, 4.69) is 12.2 Å². The highest BCUT2D eigenvalue weighted by Gasteiger charge is 2.67. The third kappa shape index (κ3) is 3.09. The maximum Gasteiger partial charge on any atom is 0.316 e. The first-order chi connectivity index (χ1) is 17.4. The molecule has 3 amide bonds. The Morgan fingerprint density at radius 2 is 1.56 bits per heavy atom. The average Bonchev–Trinajstić information content (AvgIpc) is 3.55. The molecule has 0 spiro atoms. The molecule has 4 fully saturated rings. The predicted molar refractivity (Wildman–Crippen MR) is 126 cm³/mol. The number of benzene rings is 2. The first-order valence-electron chi connectivity index (χ1n) is 12.3. The van der Waals surface area contributed by atoms with Gasteiger partial charge in [0.2, 0.25) is 17.7 Å². The molecule has 0 aromatic heterocycles. The van der Waals surface area contributed by atoms with Gasteiger partial charge in [0.15, 0.2) is 0 Å². The van der Waals surface area contributed by atoms with E-state index in [1.165, 1.54) is 40.1 Å². The van der Waals surface area contributed by atoms with Crippen molar-refractivity contribution in [3.63, 3.8) is 0 Å². The van der Waals surface area contributed by atoms with Crippen molar-refractivity contribution >= 4 is 35.1 Å². The standard InChI is InChI=1S/C28H23FN2O5/c29-15-4-6-16(7-5-15)30-13-14(10-23(30)32)28(35)36-18-3-1-2-17(11-18)31-26(33)24-19-8-9-20(22-12-21(19)22)25(24)27(31)34/h1-9,11,14,19-22,24-25H,10,12-13H2/t14-,19+,20+,21-,22+,24-,25-/m1/s1. The van der Waals surface area contributed by atoms with Gasteiger partial charge in [0.25, 0.3) is 0 Å². The number of imide groups is 1. The van der Waals surface area contributed by atoms with Crippen molar-refractivity contribution in [1.82, 2.24) is 0 Å². The molecule has 2 saturated heterocycles. The smallest absolute Gasteiger partial charge is 0.316 e. The van der Waals surface area contributed by atoms with Gasteiger partial charge in [-0.3, -0.25) is 19.2 Å². The molecule has 2 heterocycles. The molecular weight excluding hydrogens is 463 g/mol. The van der Waals surface area contributed by atoms with E-state index in [0.717, 1.165) is 6.42 Å². The van der Waals surface area contributed by atoms with Gasteiger partial charge in [-0.25, -0.2) is 9.29 Å². The van der Waals surface area contributed by atoms with Crippen LogP contribution in [0.4, 0.5) is 15.8 Å². The second kappa shape index (κ2) is 7.59. The SMILES string of the molecule is O=C(Oc1cccc(N2C(=O)[C@@H]3[C@H]4C=C[C@@H]([C@@H]5C[C@H]45)[C@H]3C2=O)c1)[C@@H]1CC(=O)N(c2ccc(F)cc2)C1. The molecule has 2 aromatic rings. The number of nitrogens with zero attached hydrogens (tertiary/aromatic N) is 2. The monoisotopic (exact) mass is 486 g/mol. The molecule has 2 bridgehead atoms. The molecule has 0 unspecified atom stereocenters. The van der Waals surface area contributed by atoms with E-state index in [9.17, 15) is 23.6 Å². The molecule has 2 aliphatic heterocycles. The van der Waals surface area contributed by atoms with E-state index in [0.29, 0.717) is 23.2 Å². The Morgan fingerprint density at radius 3 is 2.22 bits per heavy atom. The molecule has 4 aliphatic carbocycles. The van der Waals surface area contributed by atoms with E-state index in [-0.39, 0.29) is 60.1 Å². The summed E-state index contributed by atoms with van der Waals surface area (Å²) in [5.74, 6) is -1.32. The summed E-state index contributed by atoms with van der Waals surface area (Å²) in [4.78, 5) is 54.8. The molecule has 36 heavy (non-hydrogen) atoms. The lowest BCUT2D eigenvalue weighted by Gasteiger charge is -2.37. The minimum Gasteiger partial charge on any atom is -0.426 e. The maximum atomic E-state index is 13.4. The van der Waals surface area contributed by atoms with E-state index < -0.39 is 17.7 Å². The number of ether oxygens (including phenoxy) is 1. The maximum absolute atomic E-state index is 13.4. The van der Waals surface area contributed by atoms with Crippen LogP contribution in [-0.4, -0.2) is 30.2 Å². The zero-order valence-corrected chi connectivity index (χ0v) is 19.2. The molecule has 8 heteroatoms. The lowest BCUT2D eigenvalue weighted by atomic mass is 9.63. The van der Waals surface area contributed by atoms with Gasteiger partial charge >= 0.3 is 5.97 Å². The van der Waals surface area contributed by atoms with E-state index in [1.807, 2.05) is 0 Å². The van der Waals surface area contributed by atoms with Crippen LogP contribution in [0.3, 0.4) is 0 Å². The first-order valence-corrected chi connectivity index (χ1v) is 12.3. The van der Waals surface area contributed by atoms with Crippen LogP contribution in [0.1, 0.15) is 12.8 Å². The molecule has 2 saturated carbocycles. The van der Waals surface area contributed by atoms with Gasteiger partial charge in [-0.1, -0.05) is 18.2 Å². The zero-order valence-electron chi connectivity index (χ0n) is 19.2. The zero-order chi connectivity index (χ0) is 24.7. The summed E-state index contributed by atoms with van der Waals surface area (Å²) in [7, 11) is 0. The minimum atomic E-state index is -0.683. The van der Waals surface area contributed by atoms with Crippen molar-refractivity contribution in [3.05, 3.63) is 66.5 Å². The third-order valence-corrected chi connectivity index (χ3v) is 8.55. The highest BCUT2D eigenvalue weighted by molar-refractivity contribution is 6.22. The van der Waals surface area contributed by atoms with Crippen LogP contribution in [0, 0.1) is 47.2 Å². The number of amides is 3. The highest BCUT2D eigenvalue weighted by atomic mass is 19.1. The second-order valence-corrected chi connectivity index (χ2v) is 10.5. The molecule has 7 atom stereocenters. The molecule has 7 nitrogen and oxygen atoms in total. The Hall–Kier alpha value is -3.81. The van der Waals surface area contributed by atoms with Crippen LogP contribution >= 0.6 is 0 Å². The largest absolute Gasteiger partial charge is 0.426 e. The Morgan fingerprint density at radius 1 is 0.889 bits per heavy atom. The quantitative estimate of drug-likeness (QED) is 0.287. The van der Waals surface area contributed by atoms with Gasteiger partial charge in [0.1, 0.15) is 11.6 Å². The van der Waals surface area contributed by atoms with Crippen molar-refractivity contribution in [2.45, 2.75) is 12.8 Å². The molecular formula is C28H23FN2O5. The van der Waals surface area contributed by atoms with Crippen LogP contribution < -0.4 is 14.5 Å². The fourth-order valence-corrected chi connectivity index (χ4v) is 6.83. The van der Waals surface area contributed by atoms with Gasteiger partial charge in [-0.15, -0.1) is 0 Å². The topological polar surface area (TPSA) is 84.0 Å². The Kier molecular flexibility index (Phi) is 4.53. The molecule has 6 aliphatic rings. The van der Waals surface area contributed by atoms with Crippen LogP contribution in [0.2, 0.25) is 0 Å². The summed E-state index contributed by atoms with van der Waals surface area (Å²) in [6.07, 6.45) is 5.35. The number of hydrogen-bond donors (Lipinski definition) is 0. The van der Waals surface area contributed by atoms with Crippen LogP contribution in [0.15, 0.2) is 60.7 Å². The summed E-state index contributed by atoms with van der Waals surface area (Å²) in [5, 5.41) is 0. The number of anilines is 2. The van der Waals surface area contributed by atoms with Gasteiger partial charge in [-0.2, -0.15) is 0 Å². The van der Waals surface area contributed by atoms with E-state index in [4.69, 9.17) is 4.74 Å². The molecule has 2 aromatic carbocycles. The highest BCUT2D eigenvalue weighted by Crippen LogP contribution is 2.65. The Bertz CT molecular complexity index is 1320. The van der Waals surface area contributed by atoms with Crippen molar-refractivity contribution in [2.24, 2.45) is 41.4 Å². The number of hydrogen-bond acceptors (Lipinski definition) is 5. The Labute approximate surface area is 206 Å². The number of carbonyl (C=O) groups is 4. The summed E-state index contributed by atoms with van der Waals surface area (Å²) >= 11 is 0. The predicted octanol–water partition coefficient (Wildman–Crippen LogP) is 3.34. The van der Waals surface area contributed by atoms with Crippen LogP contribution in [0.25, 0.3) is 0 Å². The fraction of sp³-hybridized carbons (Fsp3) is 0.357. The number of esters is 1. The number of rotatable bonds is 4. The van der Waals surface area contributed by atoms with Crippen LogP contribution in [0.5, 0.6) is 5.75 Å². The van der Waals surface area contributed by atoms with E-state index >= 15 is 0 Å². The third-order valence-electron chi connectivity index (χ3n) is 8.55. The summed E-state index contributed by atoms with van der Waals surface area (Å²) in [6, 6.07) is 12.0. The summed E-state index contributed by atoms with van der Waals surface area (Å²) in [6.45, 7) is 0.132. The van der Waals surface area contributed by atoms with Crippen LogP contribution in [-0.2, 0) is 19.2 Å². The van der Waals surface area contributed by atoms with Gasteiger partial charge in [0.05, 0.1) is 23.4 Å². The average molecular weight is 486 g/mol. The van der Waals surface area contributed by atoms with E-state index in [1.54, 1.807) is 18.2 Å². The second-order valence-electron chi connectivity index (χ2n) is 10.5. The summed E-state index contributed by atoms with van der Waals surface area (Å²) in [5.41, 5.74) is 0.917. The molecule has 182 valence electrons. The van der Waals surface area contributed by atoms with Crippen molar-refractivity contribution in [2.75, 3.05) is 16.3 Å². The number of carbonyl (C=O) groups excluding carboxylic acids is 4. The van der Waals surface area contributed by atoms with Gasteiger partial charge in [0, 0.05) is 24.7 Å².